The summed E-state index contributed by atoms with van der Waals surface area (Å²) in [5, 5.41) is 17.9. The van der Waals surface area contributed by atoms with Crippen molar-refractivity contribution in [3.8, 4) is 40.9 Å². The Kier molecular flexibility index (Phi) is 5.00. The minimum Gasteiger partial charge on any atom is -0.356 e. The van der Waals surface area contributed by atoms with Gasteiger partial charge in [0.1, 0.15) is 11.9 Å². The van der Waals surface area contributed by atoms with E-state index in [1.54, 1.807) is 21.8 Å². The van der Waals surface area contributed by atoms with Gasteiger partial charge in [-0.05, 0) is 31.0 Å². The quantitative estimate of drug-likeness (QED) is 0.454. The third-order valence-electron chi connectivity index (χ3n) is 5.72. The predicted octanol–water partition coefficient (Wildman–Crippen LogP) is 2.51. The van der Waals surface area contributed by atoms with Crippen molar-refractivity contribution in [3.05, 3.63) is 54.1 Å². The standard InChI is InChI=1S/C24H19N7O2/c1-3-23(32)30-8-6-29(7-9-30)22-5-4-17(13-26-22)20-11-18(21-10-16(2)28-33-21)15-31-24(20)19(12-25)14-27-31/h1,4-5,10-11,13-15H,6-9H2,2H3. The van der Waals surface area contributed by atoms with Crippen LogP contribution >= 0.6 is 0 Å². The maximum absolute atomic E-state index is 11.7. The number of amides is 1. The summed E-state index contributed by atoms with van der Waals surface area (Å²) in [5.74, 6) is 3.32. The summed E-state index contributed by atoms with van der Waals surface area (Å²) < 4.78 is 7.11. The molecule has 0 bridgehead atoms. The van der Waals surface area contributed by atoms with Gasteiger partial charge in [0.2, 0.25) is 0 Å². The van der Waals surface area contributed by atoms with Crippen LogP contribution in [0.3, 0.4) is 0 Å². The summed E-state index contributed by atoms with van der Waals surface area (Å²) in [6.07, 6.45) is 10.4. The van der Waals surface area contributed by atoms with Gasteiger partial charge in [-0.3, -0.25) is 4.79 Å². The summed E-state index contributed by atoms with van der Waals surface area (Å²) in [7, 11) is 0. The van der Waals surface area contributed by atoms with Crippen LogP contribution in [-0.2, 0) is 4.79 Å². The van der Waals surface area contributed by atoms with E-state index in [1.165, 1.54) is 0 Å². The fourth-order valence-corrected chi connectivity index (χ4v) is 4.02. The summed E-state index contributed by atoms with van der Waals surface area (Å²) in [6, 6.07) is 9.94. The number of carbonyl (C=O) groups excluding carboxylic acids is 1. The molecule has 0 radical (unpaired) electrons. The monoisotopic (exact) mass is 437 g/mol. The molecular formula is C24H19N7O2. The number of aromatic nitrogens is 4. The highest BCUT2D eigenvalue weighted by Gasteiger charge is 2.21. The second kappa shape index (κ2) is 8.13. The Labute approximate surface area is 189 Å². The van der Waals surface area contributed by atoms with Crippen LogP contribution in [-0.4, -0.2) is 56.7 Å². The van der Waals surface area contributed by atoms with Crippen LogP contribution in [0.25, 0.3) is 28.0 Å². The summed E-state index contributed by atoms with van der Waals surface area (Å²) in [6.45, 7) is 4.30. The third-order valence-corrected chi connectivity index (χ3v) is 5.72. The van der Waals surface area contributed by atoms with Gasteiger partial charge in [0.25, 0.3) is 5.91 Å². The van der Waals surface area contributed by atoms with Gasteiger partial charge >= 0.3 is 0 Å². The topological polar surface area (TPSA) is 104 Å². The molecule has 5 heterocycles. The average Bonchev–Trinajstić information content (AvgIpc) is 3.49. The first kappa shape index (κ1) is 20.3. The highest BCUT2D eigenvalue weighted by molar-refractivity contribution is 5.93. The summed E-state index contributed by atoms with van der Waals surface area (Å²) in [4.78, 5) is 20.1. The van der Waals surface area contributed by atoms with E-state index in [0.29, 0.717) is 43.0 Å². The van der Waals surface area contributed by atoms with Crippen LogP contribution in [0.15, 0.2) is 47.4 Å². The first-order valence-corrected chi connectivity index (χ1v) is 10.4. The van der Waals surface area contributed by atoms with E-state index in [9.17, 15) is 10.1 Å². The number of hydrogen-bond acceptors (Lipinski definition) is 7. The Morgan fingerprint density at radius 3 is 2.61 bits per heavy atom. The fraction of sp³-hybridized carbons (Fsp3) is 0.208. The van der Waals surface area contributed by atoms with Crippen LogP contribution in [0.4, 0.5) is 5.82 Å². The molecule has 162 valence electrons. The van der Waals surface area contributed by atoms with Crippen molar-refractivity contribution in [2.45, 2.75) is 6.92 Å². The lowest BCUT2D eigenvalue weighted by molar-refractivity contribution is -0.125. The van der Waals surface area contributed by atoms with Crippen molar-refractivity contribution in [3.63, 3.8) is 0 Å². The Balaban J connectivity index is 1.49. The predicted molar refractivity (Wildman–Crippen MR) is 121 cm³/mol. The maximum Gasteiger partial charge on any atom is 0.298 e. The molecule has 4 aromatic rings. The molecule has 9 nitrogen and oxygen atoms in total. The van der Waals surface area contributed by atoms with Crippen LogP contribution in [0.2, 0.25) is 0 Å². The van der Waals surface area contributed by atoms with Crippen molar-refractivity contribution < 1.29 is 9.32 Å². The molecule has 5 rings (SSSR count). The van der Waals surface area contributed by atoms with Gasteiger partial charge in [-0.25, -0.2) is 9.50 Å². The molecule has 33 heavy (non-hydrogen) atoms. The average molecular weight is 437 g/mol. The minimum atomic E-state index is -0.280. The Bertz CT molecular complexity index is 1430. The number of piperazine rings is 1. The van der Waals surface area contributed by atoms with E-state index < -0.39 is 0 Å². The van der Waals surface area contributed by atoms with E-state index in [0.717, 1.165) is 28.2 Å². The number of nitrogens with zero attached hydrogens (tertiary/aromatic N) is 7. The van der Waals surface area contributed by atoms with E-state index >= 15 is 0 Å². The Hall–Kier alpha value is -4.63. The smallest absolute Gasteiger partial charge is 0.298 e. The molecule has 9 heteroatoms. The molecular weight excluding hydrogens is 418 g/mol. The second-order valence-corrected chi connectivity index (χ2v) is 7.77. The lowest BCUT2D eigenvalue weighted by atomic mass is 10.0. The normalized spacial score (nSPS) is 13.7. The molecule has 1 saturated heterocycles. The van der Waals surface area contributed by atoms with Gasteiger partial charge < -0.3 is 14.3 Å². The molecule has 0 aromatic carbocycles. The molecule has 0 spiro atoms. The van der Waals surface area contributed by atoms with Crippen LogP contribution in [0.1, 0.15) is 11.3 Å². The van der Waals surface area contributed by atoms with Crippen molar-refractivity contribution in [1.29, 1.82) is 5.26 Å². The van der Waals surface area contributed by atoms with E-state index in [-0.39, 0.29) is 5.91 Å². The van der Waals surface area contributed by atoms with Gasteiger partial charge in [-0.2, -0.15) is 10.4 Å². The van der Waals surface area contributed by atoms with Crippen molar-refractivity contribution in [2.75, 3.05) is 31.1 Å². The molecule has 0 atom stereocenters. The second-order valence-electron chi connectivity index (χ2n) is 7.77. The molecule has 1 aliphatic heterocycles. The lowest BCUT2D eigenvalue weighted by Gasteiger charge is -2.34. The number of anilines is 1. The molecule has 1 amide bonds. The van der Waals surface area contributed by atoms with Crippen molar-refractivity contribution >= 4 is 17.2 Å². The number of rotatable bonds is 3. The number of carbonyl (C=O) groups is 1. The van der Waals surface area contributed by atoms with Crippen LogP contribution in [0.5, 0.6) is 0 Å². The lowest BCUT2D eigenvalue weighted by Crippen LogP contribution is -2.48. The fourth-order valence-electron chi connectivity index (χ4n) is 4.02. The molecule has 0 saturated carbocycles. The Morgan fingerprint density at radius 1 is 1.15 bits per heavy atom. The number of pyridine rings is 2. The first-order valence-electron chi connectivity index (χ1n) is 10.4. The SMILES string of the molecule is C#CC(=O)N1CCN(c2ccc(-c3cc(-c4cc(C)no4)cn4ncc(C#N)c34)cn2)CC1. The number of terminal acetylenes is 1. The van der Waals surface area contributed by atoms with Gasteiger partial charge in [0.15, 0.2) is 5.76 Å². The van der Waals surface area contributed by atoms with Gasteiger partial charge in [-0.1, -0.05) is 5.16 Å². The van der Waals surface area contributed by atoms with E-state index in [2.05, 4.69) is 32.1 Å². The molecule has 1 aliphatic rings. The van der Waals surface area contributed by atoms with Gasteiger partial charge in [-0.15, -0.1) is 6.42 Å². The molecule has 4 aromatic heterocycles. The largest absolute Gasteiger partial charge is 0.356 e. The highest BCUT2D eigenvalue weighted by atomic mass is 16.5. The van der Waals surface area contributed by atoms with Crippen molar-refractivity contribution in [2.24, 2.45) is 0 Å². The zero-order valence-corrected chi connectivity index (χ0v) is 17.9. The van der Waals surface area contributed by atoms with Crippen LogP contribution < -0.4 is 4.90 Å². The maximum atomic E-state index is 11.7. The summed E-state index contributed by atoms with van der Waals surface area (Å²) in [5.41, 5.74) is 4.42. The van der Waals surface area contributed by atoms with Crippen LogP contribution in [0, 0.1) is 30.6 Å². The summed E-state index contributed by atoms with van der Waals surface area (Å²) >= 11 is 0. The zero-order valence-electron chi connectivity index (χ0n) is 17.9. The number of nitriles is 1. The van der Waals surface area contributed by atoms with E-state index in [1.807, 2.05) is 37.4 Å². The minimum absolute atomic E-state index is 0.280. The zero-order chi connectivity index (χ0) is 22.9. The molecule has 1 fully saturated rings. The number of aryl methyl sites for hydroxylation is 1. The molecule has 0 N–H and O–H groups in total. The third kappa shape index (κ3) is 3.66. The highest BCUT2D eigenvalue weighted by Crippen LogP contribution is 2.32. The van der Waals surface area contributed by atoms with Gasteiger partial charge in [0.05, 0.1) is 23.0 Å². The number of fused-ring (bicyclic) bond motifs is 1. The molecule has 0 unspecified atom stereocenters. The van der Waals surface area contributed by atoms with E-state index in [4.69, 9.17) is 10.9 Å². The van der Waals surface area contributed by atoms with Gasteiger partial charge in [0, 0.05) is 61.3 Å². The molecule has 0 aliphatic carbocycles. The first-order chi connectivity index (χ1) is 16.1. The van der Waals surface area contributed by atoms with Crippen molar-refractivity contribution in [1.82, 2.24) is 24.7 Å². The Morgan fingerprint density at radius 2 is 1.97 bits per heavy atom. The number of hydrogen-bond donors (Lipinski definition) is 0.